The van der Waals surface area contributed by atoms with Crippen molar-refractivity contribution in [3.8, 4) is 0 Å². The van der Waals surface area contributed by atoms with E-state index in [4.69, 9.17) is 10.2 Å². The van der Waals surface area contributed by atoms with Crippen LogP contribution in [0.4, 0.5) is 0 Å². The second-order valence-corrected chi connectivity index (χ2v) is 4.87. The normalized spacial score (nSPS) is 16.8. The average Bonchev–Trinajstić information content (AvgIpc) is 3.07. The molecule has 0 aliphatic heterocycles. The highest BCUT2D eigenvalue weighted by Gasteiger charge is 2.45. The molecule has 0 radical (unpaired) electrons. The Hall–Kier alpha value is -1.35. The lowest BCUT2D eigenvalue weighted by Crippen LogP contribution is -2.12. The van der Waals surface area contributed by atoms with Gasteiger partial charge in [0, 0.05) is 12.0 Å². The Balaban J connectivity index is 2.05. The first-order valence-electron chi connectivity index (χ1n) is 6.08. The lowest BCUT2D eigenvalue weighted by molar-refractivity contribution is -0.137. The van der Waals surface area contributed by atoms with Gasteiger partial charge in [0.2, 0.25) is 0 Å². The zero-order valence-corrected chi connectivity index (χ0v) is 9.85. The molecule has 1 saturated carbocycles. The zero-order chi connectivity index (χ0) is 12.3. The van der Waals surface area contributed by atoms with Gasteiger partial charge in [-0.15, -0.1) is 0 Å². The highest BCUT2D eigenvalue weighted by atomic mass is 16.4. The van der Waals surface area contributed by atoms with Crippen molar-refractivity contribution >= 4 is 5.97 Å². The van der Waals surface area contributed by atoms with E-state index >= 15 is 0 Å². The number of rotatable bonds is 6. The first kappa shape index (κ1) is 12.1. The molecule has 0 amide bonds. The molecule has 2 rings (SSSR count). The zero-order valence-electron chi connectivity index (χ0n) is 9.85. The summed E-state index contributed by atoms with van der Waals surface area (Å²) in [5.74, 6) is -0.716. The molecule has 3 nitrogen and oxygen atoms in total. The van der Waals surface area contributed by atoms with E-state index in [9.17, 15) is 4.79 Å². The maximum Gasteiger partial charge on any atom is 0.304 e. The second kappa shape index (κ2) is 4.88. The highest BCUT2D eigenvalue weighted by Crippen LogP contribution is 2.50. The van der Waals surface area contributed by atoms with Gasteiger partial charge in [-0.1, -0.05) is 24.3 Å². The van der Waals surface area contributed by atoms with Crippen LogP contribution in [-0.2, 0) is 16.6 Å². The third-order valence-electron chi connectivity index (χ3n) is 3.53. The van der Waals surface area contributed by atoms with Crippen LogP contribution in [0.3, 0.4) is 0 Å². The van der Waals surface area contributed by atoms with E-state index in [0.29, 0.717) is 0 Å². The SMILES string of the molecule is O=C(O)CC1(c2ccc(CCCO)cc2)CC1. The minimum absolute atomic E-state index is 0.0959. The first-order valence-corrected chi connectivity index (χ1v) is 6.08. The largest absolute Gasteiger partial charge is 0.481 e. The molecule has 1 aliphatic carbocycles. The predicted octanol–water partition coefficient (Wildman–Crippen LogP) is 2.12. The van der Waals surface area contributed by atoms with Crippen LogP contribution in [0.1, 0.15) is 36.8 Å². The molecule has 0 heterocycles. The van der Waals surface area contributed by atoms with E-state index in [2.05, 4.69) is 0 Å². The third-order valence-corrected chi connectivity index (χ3v) is 3.53. The van der Waals surface area contributed by atoms with Gasteiger partial charge in [-0.25, -0.2) is 0 Å². The Labute approximate surface area is 101 Å². The van der Waals surface area contributed by atoms with Crippen LogP contribution >= 0.6 is 0 Å². The van der Waals surface area contributed by atoms with Gasteiger partial charge in [0.15, 0.2) is 0 Å². The summed E-state index contributed by atoms with van der Waals surface area (Å²) >= 11 is 0. The summed E-state index contributed by atoms with van der Waals surface area (Å²) in [7, 11) is 0. The summed E-state index contributed by atoms with van der Waals surface area (Å²) in [5, 5.41) is 17.6. The quantitative estimate of drug-likeness (QED) is 0.792. The summed E-state index contributed by atoms with van der Waals surface area (Å²) in [5.41, 5.74) is 2.25. The van der Waals surface area contributed by atoms with Crippen molar-refractivity contribution in [2.45, 2.75) is 37.5 Å². The number of carboxylic acids is 1. The fraction of sp³-hybridized carbons (Fsp3) is 0.500. The van der Waals surface area contributed by atoms with Crippen LogP contribution in [0, 0.1) is 0 Å². The Morgan fingerprint density at radius 1 is 1.24 bits per heavy atom. The number of aliphatic hydroxyl groups excluding tert-OH is 1. The van der Waals surface area contributed by atoms with Crippen molar-refractivity contribution < 1.29 is 15.0 Å². The van der Waals surface area contributed by atoms with Crippen LogP contribution in [0.2, 0.25) is 0 Å². The van der Waals surface area contributed by atoms with Crippen molar-refractivity contribution in [2.24, 2.45) is 0 Å². The molecule has 92 valence electrons. The highest BCUT2D eigenvalue weighted by molar-refractivity contribution is 5.70. The van der Waals surface area contributed by atoms with Crippen molar-refractivity contribution in [3.05, 3.63) is 35.4 Å². The number of carboxylic acid groups (broad SMARTS) is 1. The second-order valence-electron chi connectivity index (χ2n) is 4.87. The first-order chi connectivity index (χ1) is 8.16. The van der Waals surface area contributed by atoms with Crippen molar-refractivity contribution in [3.63, 3.8) is 0 Å². The van der Waals surface area contributed by atoms with E-state index in [1.165, 1.54) is 5.56 Å². The number of hydrogen-bond acceptors (Lipinski definition) is 2. The number of aliphatic carboxylic acids is 1. The summed E-state index contributed by atoms with van der Waals surface area (Å²) < 4.78 is 0. The van der Waals surface area contributed by atoms with Gasteiger partial charge in [-0.3, -0.25) is 4.79 Å². The molecule has 0 atom stereocenters. The molecule has 0 unspecified atom stereocenters. The van der Waals surface area contributed by atoms with Gasteiger partial charge >= 0.3 is 5.97 Å². The van der Waals surface area contributed by atoms with Gasteiger partial charge < -0.3 is 10.2 Å². The summed E-state index contributed by atoms with van der Waals surface area (Å²) in [6.07, 6.45) is 3.86. The molecular weight excluding hydrogens is 216 g/mol. The van der Waals surface area contributed by atoms with Crippen LogP contribution in [0.15, 0.2) is 24.3 Å². The van der Waals surface area contributed by atoms with Crippen LogP contribution < -0.4 is 0 Å². The van der Waals surface area contributed by atoms with Crippen LogP contribution in [0.25, 0.3) is 0 Å². The molecule has 1 aromatic carbocycles. The summed E-state index contributed by atoms with van der Waals surface area (Å²) in [4.78, 5) is 10.8. The predicted molar refractivity (Wildman–Crippen MR) is 65.0 cm³/mol. The minimum atomic E-state index is -0.716. The number of benzene rings is 1. The molecular formula is C14H18O3. The van der Waals surface area contributed by atoms with Crippen molar-refractivity contribution in [1.29, 1.82) is 0 Å². The minimum Gasteiger partial charge on any atom is -0.481 e. The van der Waals surface area contributed by atoms with Gasteiger partial charge in [-0.2, -0.15) is 0 Å². The molecule has 0 bridgehead atoms. The summed E-state index contributed by atoms with van der Waals surface area (Å²) in [6, 6.07) is 8.19. The molecule has 0 aromatic heterocycles. The summed E-state index contributed by atoms with van der Waals surface area (Å²) in [6.45, 7) is 0.213. The van der Waals surface area contributed by atoms with Crippen LogP contribution in [0.5, 0.6) is 0 Å². The monoisotopic (exact) mass is 234 g/mol. The van der Waals surface area contributed by atoms with E-state index in [1.807, 2.05) is 24.3 Å². The van der Waals surface area contributed by atoms with Gasteiger partial charge in [-0.05, 0) is 36.8 Å². The third kappa shape index (κ3) is 2.86. The molecule has 1 aliphatic rings. The molecule has 0 spiro atoms. The topological polar surface area (TPSA) is 57.5 Å². The van der Waals surface area contributed by atoms with E-state index < -0.39 is 5.97 Å². The molecule has 2 N–H and O–H groups in total. The Bertz CT molecular complexity index is 390. The maximum absolute atomic E-state index is 10.8. The van der Waals surface area contributed by atoms with E-state index in [0.717, 1.165) is 31.2 Å². The standard InChI is InChI=1S/C14H18O3/c15-9-1-2-11-3-5-12(6-4-11)14(7-8-14)10-13(16)17/h3-6,15H,1-2,7-10H2,(H,16,17). The molecule has 0 saturated heterocycles. The van der Waals surface area contributed by atoms with Gasteiger partial charge in [0.1, 0.15) is 0 Å². The number of aryl methyl sites for hydroxylation is 1. The average molecular weight is 234 g/mol. The number of carbonyl (C=O) groups is 1. The smallest absolute Gasteiger partial charge is 0.304 e. The molecule has 3 heteroatoms. The van der Waals surface area contributed by atoms with Crippen molar-refractivity contribution in [1.82, 2.24) is 0 Å². The Kier molecular flexibility index (Phi) is 3.48. The Morgan fingerprint density at radius 2 is 1.88 bits per heavy atom. The lowest BCUT2D eigenvalue weighted by Gasteiger charge is -2.13. The van der Waals surface area contributed by atoms with Gasteiger partial charge in [0.05, 0.1) is 6.42 Å². The number of hydrogen-bond donors (Lipinski definition) is 2. The van der Waals surface area contributed by atoms with Crippen LogP contribution in [-0.4, -0.2) is 22.8 Å². The Morgan fingerprint density at radius 3 is 2.35 bits per heavy atom. The molecule has 17 heavy (non-hydrogen) atoms. The number of aliphatic hydroxyl groups is 1. The van der Waals surface area contributed by atoms with E-state index in [-0.39, 0.29) is 18.4 Å². The molecule has 1 fully saturated rings. The molecule has 1 aromatic rings. The maximum atomic E-state index is 10.8. The van der Waals surface area contributed by atoms with E-state index in [1.54, 1.807) is 0 Å². The van der Waals surface area contributed by atoms with Gasteiger partial charge in [0.25, 0.3) is 0 Å². The van der Waals surface area contributed by atoms with Crippen molar-refractivity contribution in [2.75, 3.05) is 6.61 Å². The fourth-order valence-electron chi connectivity index (χ4n) is 2.32. The lowest BCUT2D eigenvalue weighted by atomic mass is 9.91. The fourth-order valence-corrected chi connectivity index (χ4v) is 2.32.